The van der Waals surface area contributed by atoms with Crippen LogP contribution in [0.2, 0.25) is 0 Å². The van der Waals surface area contributed by atoms with E-state index in [9.17, 15) is 15.3 Å². The zero-order valence-electron chi connectivity index (χ0n) is 16.1. The van der Waals surface area contributed by atoms with E-state index >= 15 is 0 Å². The topological polar surface area (TPSA) is 98.3 Å². The van der Waals surface area contributed by atoms with E-state index in [1.807, 2.05) is 78.2 Å². The fourth-order valence-electron chi connectivity index (χ4n) is 3.53. The lowest BCUT2D eigenvalue weighted by Crippen LogP contribution is -2.23. The van der Waals surface area contributed by atoms with Gasteiger partial charge in [0.05, 0.1) is 17.8 Å². The Bertz CT molecular complexity index is 1290. The summed E-state index contributed by atoms with van der Waals surface area (Å²) in [5.74, 6) is -1.64. The SMILES string of the molecule is Cc1[nH]n(-c2nc(-c3ccccc3)cs2)c(=O)c1[C@@H](c1ccccc1)C(C#N)C#N. The minimum Gasteiger partial charge on any atom is -0.293 e. The van der Waals surface area contributed by atoms with Crippen LogP contribution in [0.4, 0.5) is 0 Å². The second-order valence-electron chi connectivity index (χ2n) is 6.80. The van der Waals surface area contributed by atoms with Crippen molar-refractivity contribution >= 4 is 11.3 Å². The number of aromatic nitrogens is 3. The standard InChI is InChI=1S/C23H17N5OS/c1-15-20(21(18(12-24)13-25)17-10-6-3-7-11-17)22(29)28(27-15)23-26-19(14-30-23)16-8-4-2-5-9-16/h2-11,14,18,21,27H,1H3/t21-/m0/s1. The molecule has 2 heterocycles. The molecule has 146 valence electrons. The van der Waals surface area contributed by atoms with Gasteiger partial charge in [-0.05, 0) is 12.5 Å². The Kier molecular flexibility index (Phi) is 5.30. The molecule has 30 heavy (non-hydrogen) atoms. The first-order valence-electron chi connectivity index (χ1n) is 9.31. The number of thiazole rings is 1. The summed E-state index contributed by atoms with van der Waals surface area (Å²) in [7, 11) is 0. The van der Waals surface area contributed by atoms with Crippen LogP contribution < -0.4 is 5.56 Å². The fourth-order valence-corrected chi connectivity index (χ4v) is 4.32. The van der Waals surface area contributed by atoms with Crippen molar-refractivity contribution < 1.29 is 0 Å². The molecule has 0 saturated heterocycles. The maximum absolute atomic E-state index is 13.4. The molecule has 0 saturated carbocycles. The molecule has 0 aliphatic rings. The van der Waals surface area contributed by atoms with E-state index in [0.29, 0.717) is 16.4 Å². The van der Waals surface area contributed by atoms with Crippen LogP contribution in [0.15, 0.2) is 70.8 Å². The fraction of sp³-hybridized carbons (Fsp3) is 0.130. The van der Waals surface area contributed by atoms with Gasteiger partial charge in [0.15, 0.2) is 0 Å². The molecule has 4 rings (SSSR count). The highest BCUT2D eigenvalue weighted by molar-refractivity contribution is 7.12. The molecule has 0 spiro atoms. The highest BCUT2D eigenvalue weighted by Gasteiger charge is 2.31. The van der Waals surface area contributed by atoms with Crippen molar-refractivity contribution in [3.8, 4) is 28.5 Å². The van der Waals surface area contributed by atoms with Crippen LogP contribution in [0.3, 0.4) is 0 Å². The smallest absolute Gasteiger partial charge is 0.277 e. The van der Waals surface area contributed by atoms with Crippen molar-refractivity contribution in [1.29, 1.82) is 10.5 Å². The molecule has 2 aromatic carbocycles. The summed E-state index contributed by atoms with van der Waals surface area (Å²) < 4.78 is 1.39. The van der Waals surface area contributed by atoms with E-state index in [-0.39, 0.29) is 5.56 Å². The van der Waals surface area contributed by atoms with Crippen LogP contribution in [0, 0.1) is 35.5 Å². The van der Waals surface area contributed by atoms with E-state index in [2.05, 4.69) is 10.1 Å². The molecular weight excluding hydrogens is 394 g/mol. The Morgan fingerprint density at radius 1 is 1.03 bits per heavy atom. The third-order valence-corrected chi connectivity index (χ3v) is 5.78. The number of hydrogen-bond donors (Lipinski definition) is 1. The molecule has 4 aromatic rings. The van der Waals surface area contributed by atoms with Gasteiger partial charge < -0.3 is 0 Å². The Morgan fingerprint density at radius 2 is 1.67 bits per heavy atom. The summed E-state index contributed by atoms with van der Waals surface area (Å²) in [4.78, 5) is 18.0. The first-order chi connectivity index (χ1) is 14.6. The molecule has 2 aromatic heterocycles. The number of nitrogens with zero attached hydrogens (tertiary/aromatic N) is 4. The van der Waals surface area contributed by atoms with Crippen LogP contribution in [-0.2, 0) is 0 Å². The highest BCUT2D eigenvalue weighted by atomic mass is 32.1. The summed E-state index contributed by atoms with van der Waals surface area (Å²) in [5, 5.41) is 24.6. The number of nitrogens with one attached hydrogen (secondary N) is 1. The number of nitriles is 2. The second-order valence-corrected chi connectivity index (χ2v) is 7.63. The van der Waals surface area contributed by atoms with Crippen molar-refractivity contribution in [3.63, 3.8) is 0 Å². The molecule has 0 unspecified atom stereocenters. The van der Waals surface area contributed by atoms with E-state index in [1.54, 1.807) is 6.92 Å². The van der Waals surface area contributed by atoms with Crippen molar-refractivity contribution in [3.05, 3.63) is 93.2 Å². The quantitative estimate of drug-likeness (QED) is 0.526. The van der Waals surface area contributed by atoms with Gasteiger partial charge in [-0.1, -0.05) is 60.7 Å². The zero-order chi connectivity index (χ0) is 21.1. The Morgan fingerprint density at radius 3 is 2.30 bits per heavy atom. The summed E-state index contributed by atoms with van der Waals surface area (Å²) in [6.45, 7) is 1.78. The maximum atomic E-state index is 13.4. The predicted octanol–water partition coefficient (Wildman–Crippen LogP) is 4.39. The van der Waals surface area contributed by atoms with E-state index < -0.39 is 11.8 Å². The molecule has 0 amide bonds. The first kappa shape index (κ1) is 19.4. The number of aromatic amines is 1. The number of rotatable bonds is 5. The summed E-state index contributed by atoms with van der Waals surface area (Å²) in [5.41, 5.74) is 3.22. The minimum absolute atomic E-state index is 0.300. The van der Waals surface area contributed by atoms with Gasteiger partial charge in [0.2, 0.25) is 5.13 Å². The normalized spacial score (nSPS) is 11.7. The summed E-state index contributed by atoms with van der Waals surface area (Å²) >= 11 is 1.35. The van der Waals surface area contributed by atoms with Gasteiger partial charge in [-0.15, -0.1) is 11.3 Å². The summed E-state index contributed by atoms with van der Waals surface area (Å²) in [6.07, 6.45) is 0. The van der Waals surface area contributed by atoms with Crippen LogP contribution in [-0.4, -0.2) is 14.8 Å². The second kappa shape index (κ2) is 8.20. The number of H-pyrrole nitrogens is 1. The highest BCUT2D eigenvalue weighted by Crippen LogP contribution is 2.32. The summed E-state index contributed by atoms with van der Waals surface area (Å²) in [6, 6.07) is 23.0. The molecular formula is C23H17N5OS. The minimum atomic E-state index is -0.987. The molecule has 0 bridgehead atoms. The van der Waals surface area contributed by atoms with E-state index in [0.717, 1.165) is 16.8 Å². The van der Waals surface area contributed by atoms with Gasteiger partial charge in [0.1, 0.15) is 5.92 Å². The van der Waals surface area contributed by atoms with Crippen LogP contribution in [0.25, 0.3) is 16.4 Å². The lowest BCUT2D eigenvalue weighted by molar-refractivity contribution is 0.699. The number of benzene rings is 2. The molecule has 6 nitrogen and oxygen atoms in total. The van der Waals surface area contributed by atoms with Gasteiger partial charge >= 0.3 is 0 Å². The van der Waals surface area contributed by atoms with Crippen molar-refractivity contribution in [1.82, 2.24) is 14.8 Å². The van der Waals surface area contributed by atoms with E-state index in [1.165, 1.54) is 16.0 Å². The van der Waals surface area contributed by atoms with Gasteiger partial charge in [-0.3, -0.25) is 9.89 Å². The van der Waals surface area contributed by atoms with Gasteiger partial charge in [-0.2, -0.15) is 15.2 Å². The molecule has 1 atom stereocenters. The number of aryl methyl sites for hydroxylation is 1. The van der Waals surface area contributed by atoms with E-state index in [4.69, 9.17) is 0 Å². The largest absolute Gasteiger partial charge is 0.293 e. The van der Waals surface area contributed by atoms with Gasteiger partial charge in [0, 0.05) is 28.1 Å². The van der Waals surface area contributed by atoms with Crippen LogP contribution in [0.1, 0.15) is 22.7 Å². The Hall–Kier alpha value is -3.94. The van der Waals surface area contributed by atoms with Gasteiger partial charge in [0.25, 0.3) is 5.56 Å². The molecule has 0 aliphatic carbocycles. The molecule has 0 radical (unpaired) electrons. The average Bonchev–Trinajstić information content (AvgIpc) is 3.38. The van der Waals surface area contributed by atoms with Crippen LogP contribution >= 0.6 is 11.3 Å². The van der Waals surface area contributed by atoms with Crippen molar-refractivity contribution in [2.24, 2.45) is 5.92 Å². The monoisotopic (exact) mass is 411 g/mol. The zero-order valence-corrected chi connectivity index (χ0v) is 16.9. The molecule has 1 N–H and O–H groups in total. The van der Waals surface area contributed by atoms with Crippen LogP contribution in [0.5, 0.6) is 0 Å². The predicted molar refractivity (Wildman–Crippen MR) is 115 cm³/mol. The van der Waals surface area contributed by atoms with Crippen molar-refractivity contribution in [2.45, 2.75) is 12.8 Å². The molecule has 0 aliphatic heterocycles. The average molecular weight is 411 g/mol. The number of hydrogen-bond acceptors (Lipinski definition) is 5. The first-order valence-corrected chi connectivity index (χ1v) is 10.2. The van der Waals surface area contributed by atoms with Crippen molar-refractivity contribution in [2.75, 3.05) is 0 Å². The maximum Gasteiger partial charge on any atom is 0.277 e. The van der Waals surface area contributed by atoms with Gasteiger partial charge in [-0.25, -0.2) is 4.98 Å². The Balaban J connectivity index is 1.82. The third kappa shape index (κ3) is 3.43. The Labute approximate surface area is 177 Å². The molecule has 0 fully saturated rings. The third-order valence-electron chi connectivity index (χ3n) is 4.95. The lowest BCUT2D eigenvalue weighted by Gasteiger charge is -2.16. The molecule has 7 heteroatoms. The lowest BCUT2D eigenvalue weighted by atomic mass is 9.82.